The fourth-order valence-electron chi connectivity index (χ4n) is 2.97. The van der Waals surface area contributed by atoms with E-state index >= 15 is 0 Å². The molecule has 1 aromatic carbocycles. The molecule has 0 amide bonds. The molecule has 0 heterocycles. The summed E-state index contributed by atoms with van der Waals surface area (Å²) >= 11 is 0. The molecule has 0 bridgehead atoms. The SMILES string of the molecule is C=C(C)[C@@H]1CCc2c(c(C)cc(OC)c2CO)C1. The van der Waals surface area contributed by atoms with E-state index in [0.29, 0.717) is 5.92 Å². The van der Waals surface area contributed by atoms with Gasteiger partial charge in [-0.1, -0.05) is 12.2 Å². The Morgan fingerprint density at radius 3 is 2.78 bits per heavy atom. The average Bonchev–Trinajstić information content (AvgIpc) is 2.38. The van der Waals surface area contributed by atoms with Gasteiger partial charge in [-0.05, 0) is 61.8 Å². The maximum Gasteiger partial charge on any atom is 0.124 e. The summed E-state index contributed by atoms with van der Waals surface area (Å²) in [6.45, 7) is 8.38. The lowest BCUT2D eigenvalue weighted by Crippen LogP contribution is -2.18. The van der Waals surface area contributed by atoms with Crippen LogP contribution in [-0.2, 0) is 19.4 Å². The molecule has 2 nitrogen and oxygen atoms in total. The number of methoxy groups -OCH3 is 1. The third-order valence-corrected chi connectivity index (χ3v) is 4.12. The van der Waals surface area contributed by atoms with Crippen LogP contribution in [0.25, 0.3) is 0 Å². The van der Waals surface area contributed by atoms with Crippen molar-refractivity contribution in [3.8, 4) is 5.75 Å². The number of ether oxygens (including phenoxy) is 1. The van der Waals surface area contributed by atoms with Crippen molar-refractivity contribution in [1.29, 1.82) is 0 Å². The Kier molecular flexibility index (Phi) is 3.76. The summed E-state index contributed by atoms with van der Waals surface area (Å²) in [5, 5.41) is 9.57. The highest BCUT2D eigenvalue weighted by Gasteiger charge is 2.24. The van der Waals surface area contributed by atoms with Gasteiger partial charge >= 0.3 is 0 Å². The first-order valence-electron chi connectivity index (χ1n) is 6.53. The molecule has 2 heteroatoms. The Morgan fingerprint density at radius 2 is 2.22 bits per heavy atom. The van der Waals surface area contributed by atoms with Crippen molar-refractivity contribution in [2.75, 3.05) is 7.11 Å². The highest BCUT2D eigenvalue weighted by Crippen LogP contribution is 2.37. The molecule has 1 N–H and O–H groups in total. The molecule has 1 aliphatic carbocycles. The molecule has 98 valence electrons. The minimum absolute atomic E-state index is 0.0591. The maximum atomic E-state index is 9.57. The summed E-state index contributed by atoms with van der Waals surface area (Å²) in [6.07, 6.45) is 3.19. The number of benzene rings is 1. The first-order valence-corrected chi connectivity index (χ1v) is 6.53. The quantitative estimate of drug-likeness (QED) is 0.830. The molecule has 1 aromatic rings. The van der Waals surface area contributed by atoms with E-state index in [1.165, 1.54) is 22.3 Å². The van der Waals surface area contributed by atoms with E-state index in [-0.39, 0.29) is 6.61 Å². The standard InChI is InChI=1S/C16H22O2/c1-10(2)12-5-6-13-14(8-12)11(3)7-16(18-4)15(13)9-17/h7,12,17H,1,5-6,8-9H2,2-4H3/t12-/m1/s1. The summed E-state index contributed by atoms with van der Waals surface area (Å²) < 4.78 is 5.38. The Labute approximate surface area is 109 Å². The summed E-state index contributed by atoms with van der Waals surface area (Å²) in [6, 6.07) is 2.05. The number of hydrogen-bond donors (Lipinski definition) is 1. The molecule has 18 heavy (non-hydrogen) atoms. The fraction of sp³-hybridized carbons (Fsp3) is 0.500. The van der Waals surface area contributed by atoms with Crippen molar-refractivity contribution in [2.24, 2.45) is 5.92 Å². The van der Waals surface area contributed by atoms with Crippen LogP contribution in [0.4, 0.5) is 0 Å². The van der Waals surface area contributed by atoms with Gasteiger partial charge in [-0.2, -0.15) is 0 Å². The summed E-state index contributed by atoms with van der Waals surface area (Å²) in [5.74, 6) is 1.40. The van der Waals surface area contributed by atoms with Crippen LogP contribution in [0.1, 0.15) is 35.6 Å². The minimum atomic E-state index is 0.0591. The van der Waals surface area contributed by atoms with Crippen LogP contribution in [0.2, 0.25) is 0 Å². The van der Waals surface area contributed by atoms with Crippen molar-refractivity contribution in [1.82, 2.24) is 0 Å². The Hall–Kier alpha value is -1.28. The summed E-state index contributed by atoms with van der Waals surface area (Å²) in [4.78, 5) is 0. The van der Waals surface area contributed by atoms with Crippen LogP contribution < -0.4 is 4.74 Å². The molecular weight excluding hydrogens is 224 g/mol. The number of allylic oxidation sites excluding steroid dienone is 1. The minimum Gasteiger partial charge on any atom is -0.496 e. The van der Waals surface area contributed by atoms with Gasteiger partial charge in [-0.25, -0.2) is 0 Å². The van der Waals surface area contributed by atoms with Crippen molar-refractivity contribution in [3.05, 3.63) is 40.5 Å². The van der Waals surface area contributed by atoms with Gasteiger partial charge in [0.25, 0.3) is 0 Å². The second-order valence-electron chi connectivity index (χ2n) is 5.28. The predicted octanol–water partition coefficient (Wildman–Crippen LogP) is 3.18. The zero-order valence-corrected chi connectivity index (χ0v) is 11.5. The molecule has 0 aliphatic heterocycles. The van der Waals surface area contributed by atoms with Crippen LogP contribution >= 0.6 is 0 Å². The maximum absolute atomic E-state index is 9.57. The first-order chi connectivity index (χ1) is 8.58. The summed E-state index contributed by atoms with van der Waals surface area (Å²) in [7, 11) is 1.67. The zero-order chi connectivity index (χ0) is 13.3. The molecule has 0 spiro atoms. The molecule has 2 rings (SSSR count). The van der Waals surface area contributed by atoms with Crippen LogP contribution in [0.15, 0.2) is 18.2 Å². The van der Waals surface area contributed by atoms with E-state index in [9.17, 15) is 5.11 Å². The third kappa shape index (κ3) is 2.17. The monoisotopic (exact) mass is 246 g/mol. The van der Waals surface area contributed by atoms with Crippen molar-refractivity contribution >= 4 is 0 Å². The fourth-order valence-corrected chi connectivity index (χ4v) is 2.97. The Balaban J connectivity index is 2.49. The normalized spacial score (nSPS) is 18.3. The number of aliphatic hydroxyl groups is 1. The van der Waals surface area contributed by atoms with Gasteiger partial charge in [0.15, 0.2) is 0 Å². The van der Waals surface area contributed by atoms with Gasteiger partial charge in [-0.15, -0.1) is 0 Å². The summed E-state index contributed by atoms with van der Waals surface area (Å²) in [5.41, 5.74) is 6.19. The van der Waals surface area contributed by atoms with Gasteiger partial charge in [0.05, 0.1) is 13.7 Å². The molecule has 0 saturated heterocycles. The largest absolute Gasteiger partial charge is 0.496 e. The number of aliphatic hydroxyl groups excluding tert-OH is 1. The van der Waals surface area contributed by atoms with Crippen LogP contribution in [0.3, 0.4) is 0 Å². The van der Waals surface area contributed by atoms with E-state index in [1.807, 2.05) is 6.07 Å². The second kappa shape index (κ2) is 5.15. The average molecular weight is 246 g/mol. The zero-order valence-electron chi connectivity index (χ0n) is 11.5. The van der Waals surface area contributed by atoms with E-state index in [4.69, 9.17) is 4.74 Å². The smallest absolute Gasteiger partial charge is 0.124 e. The lowest BCUT2D eigenvalue weighted by molar-refractivity contribution is 0.271. The molecule has 0 unspecified atom stereocenters. The Morgan fingerprint density at radius 1 is 1.50 bits per heavy atom. The lowest BCUT2D eigenvalue weighted by Gasteiger charge is -2.29. The number of fused-ring (bicyclic) bond motifs is 1. The van der Waals surface area contributed by atoms with Gasteiger partial charge in [0.2, 0.25) is 0 Å². The van der Waals surface area contributed by atoms with E-state index < -0.39 is 0 Å². The van der Waals surface area contributed by atoms with Gasteiger partial charge in [-0.3, -0.25) is 0 Å². The second-order valence-corrected chi connectivity index (χ2v) is 5.28. The van der Waals surface area contributed by atoms with E-state index in [2.05, 4.69) is 20.4 Å². The number of hydrogen-bond acceptors (Lipinski definition) is 2. The number of rotatable bonds is 3. The molecule has 1 atom stereocenters. The van der Waals surface area contributed by atoms with Crippen LogP contribution in [0.5, 0.6) is 5.75 Å². The van der Waals surface area contributed by atoms with E-state index in [0.717, 1.165) is 30.6 Å². The van der Waals surface area contributed by atoms with Gasteiger partial charge < -0.3 is 9.84 Å². The molecule has 0 aromatic heterocycles. The number of aryl methyl sites for hydroxylation is 1. The van der Waals surface area contributed by atoms with Gasteiger partial charge in [0, 0.05) is 5.56 Å². The van der Waals surface area contributed by atoms with Crippen molar-refractivity contribution in [3.63, 3.8) is 0 Å². The van der Waals surface area contributed by atoms with Crippen molar-refractivity contribution in [2.45, 2.75) is 39.7 Å². The van der Waals surface area contributed by atoms with E-state index in [1.54, 1.807) is 7.11 Å². The molecular formula is C16H22O2. The first kappa shape index (κ1) is 13.2. The van der Waals surface area contributed by atoms with Crippen LogP contribution in [0, 0.1) is 12.8 Å². The highest BCUT2D eigenvalue weighted by molar-refractivity contribution is 5.50. The van der Waals surface area contributed by atoms with Crippen LogP contribution in [-0.4, -0.2) is 12.2 Å². The molecule has 0 fully saturated rings. The molecule has 0 radical (unpaired) electrons. The van der Waals surface area contributed by atoms with Crippen molar-refractivity contribution < 1.29 is 9.84 Å². The lowest BCUT2D eigenvalue weighted by atomic mass is 9.77. The molecule has 1 aliphatic rings. The highest BCUT2D eigenvalue weighted by atomic mass is 16.5. The molecule has 0 saturated carbocycles. The van der Waals surface area contributed by atoms with Gasteiger partial charge in [0.1, 0.15) is 5.75 Å². The third-order valence-electron chi connectivity index (χ3n) is 4.12. The predicted molar refractivity (Wildman–Crippen MR) is 74.0 cm³/mol. The Bertz CT molecular complexity index is 474. The topological polar surface area (TPSA) is 29.5 Å².